The smallest absolute Gasteiger partial charge is 0.305 e. The van der Waals surface area contributed by atoms with E-state index in [1.54, 1.807) is 0 Å². The Labute approximate surface area is 95.8 Å². The Balaban J connectivity index is 3.01. The van der Waals surface area contributed by atoms with Crippen molar-refractivity contribution >= 4 is 17.6 Å². The van der Waals surface area contributed by atoms with Crippen molar-refractivity contribution in [2.45, 2.75) is 19.8 Å². The highest BCUT2D eigenvalue weighted by atomic mass is 35.5. The minimum atomic E-state index is -0.167. The Hall–Kier alpha value is -0.320. The van der Waals surface area contributed by atoms with Crippen LogP contribution in [-0.4, -0.2) is 44.9 Å². The summed E-state index contributed by atoms with van der Waals surface area (Å²) in [7, 11) is 0. The number of hydrogen-bond acceptors (Lipinski definition) is 4. The summed E-state index contributed by atoms with van der Waals surface area (Å²) in [6.07, 6.45) is 1.28. The molecule has 15 heavy (non-hydrogen) atoms. The average molecular weight is 239 g/mol. The standard InChI is InChI=1S/C10H19ClO4/c1-2-3-10(12)15-9-8-14-7-6-13-5-4-11/h2-9H2,1H3. The molecule has 0 saturated carbocycles. The molecule has 0 aliphatic rings. The molecule has 0 bridgehead atoms. The van der Waals surface area contributed by atoms with Crippen LogP contribution in [0.5, 0.6) is 0 Å². The Kier molecular flexibility index (Phi) is 11.5. The molecule has 0 N–H and O–H groups in total. The van der Waals surface area contributed by atoms with Crippen molar-refractivity contribution in [1.29, 1.82) is 0 Å². The summed E-state index contributed by atoms with van der Waals surface area (Å²) in [5, 5.41) is 0. The predicted octanol–water partition coefficient (Wildman–Crippen LogP) is 1.60. The van der Waals surface area contributed by atoms with Gasteiger partial charge < -0.3 is 14.2 Å². The van der Waals surface area contributed by atoms with Gasteiger partial charge in [0.1, 0.15) is 6.61 Å². The Morgan fingerprint density at radius 1 is 1.07 bits per heavy atom. The number of hydrogen-bond donors (Lipinski definition) is 0. The van der Waals surface area contributed by atoms with Gasteiger partial charge in [0.2, 0.25) is 0 Å². The zero-order valence-corrected chi connectivity index (χ0v) is 9.92. The van der Waals surface area contributed by atoms with Crippen molar-refractivity contribution in [1.82, 2.24) is 0 Å². The second kappa shape index (κ2) is 11.8. The fraction of sp³-hybridized carbons (Fsp3) is 0.900. The van der Waals surface area contributed by atoms with Crippen LogP contribution in [0.1, 0.15) is 19.8 Å². The molecule has 0 aromatic carbocycles. The minimum Gasteiger partial charge on any atom is -0.463 e. The molecule has 0 spiro atoms. The maximum absolute atomic E-state index is 10.9. The van der Waals surface area contributed by atoms with E-state index in [-0.39, 0.29) is 5.97 Å². The van der Waals surface area contributed by atoms with Crippen LogP contribution in [0.2, 0.25) is 0 Å². The van der Waals surface area contributed by atoms with Gasteiger partial charge >= 0.3 is 5.97 Å². The van der Waals surface area contributed by atoms with Crippen molar-refractivity contribution < 1.29 is 19.0 Å². The van der Waals surface area contributed by atoms with Crippen LogP contribution in [0.15, 0.2) is 0 Å². The summed E-state index contributed by atoms with van der Waals surface area (Å²) >= 11 is 5.41. The van der Waals surface area contributed by atoms with Crippen LogP contribution in [0.3, 0.4) is 0 Å². The molecule has 0 aliphatic heterocycles. The molecule has 0 atom stereocenters. The summed E-state index contributed by atoms with van der Waals surface area (Å²) in [5.74, 6) is 0.328. The largest absolute Gasteiger partial charge is 0.463 e. The van der Waals surface area contributed by atoms with Crippen molar-refractivity contribution in [3.63, 3.8) is 0 Å². The lowest BCUT2D eigenvalue weighted by Crippen LogP contribution is -2.12. The van der Waals surface area contributed by atoms with E-state index in [1.165, 1.54) is 0 Å². The van der Waals surface area contributed by atoms with Gasteiger partial charge in [0.25, 0.3) is 0 Å². The maximum atomic E-state index is 10.9. The quantitative estimate of drug-likeness (QED) is 0.330. The first-order chi connectivity index (χ1) is 7.31. The van der Waals surface area contributed by atoms with Crippen molar-refractivity contribution in [2.75, 3.05) is 38.9 Å². The number of carbonyl (C=O) groups excluding carboxylic acids is 1. The molecule has 0 rings (SSSR count). The van der Waals surface area contributed by atoms with Crippen molar-refractivity contribution in [3.05, 3.63) is 0 Å². The van der Waals surface area contributed by atoms with E-state index in [0.717, 1.165) is 6.42 Å². The van der Waals surface area contributed by atoms with Crippen LogP contribution in [0, 0.1) is 0 Å². The Bertz CT molecular complexity index is 152. The van der Waals surface area contributed by atoms with Gasteiger partial charge in [0.05, 0.1) is 26.4 Å². The van der Waals surface area contributed by atoms with Gasteiger partial charge in [-0.15, -0.1) is 11.6 Å². The molecular formula is C10H19ClO4. The molecule has 0 saturated heterocycles. The highest BCUT2D eigenvalue weighted by Crippen LogP contribution is 1.91. The van der Waals surface area contributed by atoms with Gasteiger partial charge in [-0.1, -0.05) is 6.92 Å². The Morgan fingerprint density at radius 3 is 2.27 bits per heavy atom. The molecule has 0 unspecified atom stereocenters. The second-order valence-corrected chi connectivity index (χ2v) is 3.26. The molecule has 0 fully saturated rings. The van der Waals surface area contributed by atoms with Gasteiger partial charge in [-0.3, -0.25) is 4.79 Å². The predicted molar refractivity (Wildman–Crippen MR) is 58.2 cm³/mol. The third-order valence-corrected chi connectivity index (χ3v) is 1.69. The number of alkyl halides is 1. The van der Waals surface area contributed by atoms with Crippen molar-refractivity contribution in [2.24, 2.45) is 0 Å². The lowest BCUT2D eigenvalue weighted by atomic mass is 10.3. The second-order valence-electron chi connectivity index (χ2n) is 2.88. The van der Waals surface area contributed by atoms with E-state index in [1.807, 2.05) is 6.92 Å². The molecular weight excluding hydrogens is 220 g/mol. The first-order valence-corrected chi connectivity index (χ1v) is 5.71. The molecule has 0 aromatic heterocycles. The van der Waals surface area contributed by atoms with E-state index in [9.17, 15) is 4.79 Å². The van der Waals surface area contributed by atoms with E-state index >= 15 is 0 Å². The van der Waals surface area contributed by atoms with Gasteiger partial charge in [-0.2, -0.15) is 0 Å². The molecule has 0 radical (unpaired) electrons. The van der Waals surface area contributed by atoms with Gasteiger partial charge in [0.15, 0.2) is 0 Å². The minimum absolute atomic E-state index is 0.167. The van der Waals surface area contributed by atoms with Crippen LogP contribution < -0.4 is 0 Å². The molecule has 0 heterocycles. The Morgan fingerprint density at radius 2 is 1.67 bits per heavy atom. The first-order valence-electron chi connectivity index (χ1n) is 5.18. The van der Waals surface area contributed by atoms with E-state index in [4.69, 9.17) is 25.8 Å². The average Bonchev–Trinajstić information content (AvgIpc) is 2.22. The molecule has 90 valence electrons. The summed E-state index contributed by atoms with van der Waals surface area (Å²) in [4.78, 5) is 10.9. The maximum Gasteiger partial charge on any atom is 0.305 e. The monoisotopic (exact) mass is 238 g/mol. The lowest BCUT2D eigenvalue weighted by Gasteiger charge is -2.05. The van der Waals surface area contributed by atoms with Gasteiger partial charge in [-0.05, 0) is 6.42 Å². The number of esters is 1. The fourth-order valence-electron chi connectivity index (χ4n) is 0.867. The van der Waals surface area contributed by atoms with Gasteiger partial charge in [-0.25, -0.2) is 0 Å². The van der Waals surface area contributed by atoms with Gasteiger partial charge in [0, 0.05) is 12.3 Å². The SMILES string of the molecule is CCCC(=O)OCCOCCOCCCl. The highest BCUT2D eigenvalue weighted by Gasteiger charge is 1.99. The van der Waals surface area contributed by atoms with Crippen LogP contribution >= 0.6 is 11.6 Å². The van der Waals surface area contributed by atoms with E-state index < -0.39 is 0 Å². The first kappa shape index (κ1) is 14.7. The number of halogens is 1. The van der Waals surface area contributed by atoms with Crippen LogP contribution in [0.4, 0.5) is 0 Å². The fourth-order valence-corrected chi connectivity index (χ4v) is 0.976. The number of rotatable bonds is 10. The summed E-state index contributed by atoms with van der Waals surface area (Å²) in [6.45, 7) is 4.23. The third kappa shape index (κ3) is 11.6. The molecule has 0 aliphatic carbocycles. The number of carbonyl (C=O) groups is 1. The van der Waals surface area contributed by atoms with E-state index in [2.05, 4.69) is 0 Å². The topological polar surface area (TPSA) is 44.8 Å². The van der Waals surface area contributed by atoms with E-state index in [0.29, 0.717) is 45.3 Å². The zero-order valence-electron chi connectivity index (χ0n) is 9.17. The van der Waals surface area contributed by atoms with Crippen molar-refractivity contribution in [3.8, 4) is 0 Å². The third-order valence-electron chi connectivity index (χ3n) is 1.54. The molecule has 0 aromatic rings. The summed E-state index contributed by atoms with van der Waals surface area (Å²) < 4.78 is 15.1. The lowest BCUT2D eigenvalue weighted by molar-refractivity contribution is -0.145. The zero-order chi connectivity index (χ0) is 11.4. The molecule has 0 amide bonds. The highest BCUT2D eigenvalue weighted by molar-refractivity contribution is 6.17. The number of ether oxygens (including phenoxy) is 3. The molecule has 4 nitrogen and oxygen atoms in total. The summed E-state index contributed by atoms with van der Waals surface area (Å²) in [5.41, 5.74) is 0. The summed E-state index contributed by atoms with van der Waals surface area (Å²) in [6, 6.07) is 0. The molecule has 5 heteroatoms. The van der Waals surface area contributed by atoms with Crippen LogP contribution in [-0.2, 0) is 19.0 Å². The normalized spacial score (nSPS) is 10.3. The van der Waals surface area contributed by atoms with Crippen LogP contribution in [0.25, 0.3) is 0 Å².